The molecular weight excluding hydrogens is 372 g/mol. The Hall–Kier alpha value is -2.41. The van der Waals surface area contributed by atoms with Crippen molar-refractivity contribution in [3.63, 3.8) is 0 Å². The van der Waals surface area contributed by atoms with E-state index in [1.807, 2.05) is 42.5 Å². The third-order valence-corrected chi connectivity index (χ3v) is 4.94. The molecular formula is C23H30O6. The Morgan fingerprint density at radius 2 is 1.90 bits per heavy atom. The number of ether oxygens (including phenoxy) is 2. The van der Waals surface area contributed by atoms with Crippen LogP contribution in [0.25, 0.3) is 0 Å². The predicted molar refractivity (Wildman–Crippen MR) is 110 cm³/mol. The van der Waals surface area contributed by atoms with Crippen LogP contribution in [0.1, 0.15) is 19.3 Å². The second-order valence-electron chi connectivity index (χ2n) is 7.06. The van der Waals surface area contributed by atoms with Crippen molar-refractivity contribution < 1.29 is 29.6 Å². The smallest absolute Gasteiger partial charge is 0.309 e. The number of methoxy groups -OCH3 is 1. The number of hydrogen-bond acceptors (Lipinski definition) is 6. The zero-order chi connectivity index (χ0) is 21.1. The quantitative estimate of drug-likeness (QED) is 0.316. The van der Waals surface area contributed by atoms with Crippen molar-refractivity contribution in [2.45, 2.75) is 37.6 Å². The molecule has 0 heterocycles. The van der Waals surface area contributed by atoms with Crippen LogP contribution in [0.15, 0.2) is 66.8 Å². The van der Waals surface area contributed by atoms with Gasteiger partial charge in [-0.05, 0) is 24.5 Å². The maximum atomic E-state index is 11.0. The van der Waals surface area contributed by atoms with E-state index in [0.29, 0.717) is 18.6 Å². The first-order valence-electron chi connectivity index (χ1n) is 9.80. The Balaban J connectivity index is 1.84. The van der Waals surface area contributed by atoms with E-state index in [1.54, 1.807) is 24.3 Å². The van der Waals surface area contributed by atoms with E-state index in [4.69, 9.17) is 4.74 Å². The number of hydrogen-bond donors (Lipinski definition) is 3. The van der Waals surface area contributed by atoms with Crippen LogP contribution in [-0.4, -0.2) is 53.3 Å². The van der Waals surface area contributed by atoms with Crippen LogP contribution in [0, 0.1) is 11.8 Å². The van der Waals surface area contributed by atoms with Crippen LogP contribution < -0.4 is 4.74 Å². The van der Waals surface area contributed by atoms with Gasteiger partial charge in [0, 0.05) is 12.3 Å². The summed E-state index contributed by atoms with van der Waals surface area (Å²) in [6.45, 7) is 0.113. The summed E-state index contributed by atoms with van der Waals surface area (Å²) in [5.41, 5.74) is 0. The molecule has 0 spiro atoms. The maximum absolute atomic E-state index is 11.0. The number of rotatable bonds is 10. The molecule has 0 bridgehead atoms. The number of carbonyl (C=O) groups is 1. The van der Waals surface area contributed by atoms with Gasteiger partial charge >= 0.3 is 5.97 Å². The number of allylic oxidation sites excluding steroid dienone is 3. The molecule has 1 aromatic rings. The van der Waals surface area contributed by atoms with Gasteiger partial charge in [0.2, 0.25) is 0 Å². The first kappa shape index (κ1) is 22.9. The molecule has 1 aromatic carbocycles. The van der Waals surface area contributed by atoms with Gasteiger partial charge in [-0.15, -0.1) is 0 Å². The number of esters is 1. The number of aliphatic hydroxyl groups excluding tert-OH is 3. The number of aliphatic hydroxyl groups is 3. The van der Waals surface area contributed by atoms with Crippen LogP contribution in [-0.2, 0) is 9.53 Å². The monoisotopic (exact) mass is 402 g/mol. The van der Waals surface area contributed by atoms with Crippen molar-refractivity contribution in [3.8, 4) is 5.75 Å². The number of para-hydroxylation sites is 1. The predicted octanol–water partition coefficient (Wildman–Crippen LogP) is 2.41. The molecule has 3 N–H and O–H groups in total. The first-order valence-corrected chi connectivity index (χ1v) is 9.80. The van der Waals surface area contributed by atoms with Crippen molar-refractivity contribution in [3.05, 3.63) is 66.8 Å². The lowest BCUT2D eigenvalue weighted by molar-refractivity contribution is -0.139. The molecule has 1 saturated carbocycles. The van der Waals surface area contributed by atoms with Crippen molar-refractivity contribution in [2.24, 2.45) is 11.8 Å². The van der Waals surface area contributed by atoms with Gasteiger partial charge in [-0.3, -0.25) is 4.79 Å². The van der Waals surface area contributed by atoms with Crippen molar-refractivity contribution in [1.82, 2.24) is 0 Å². The molecule has 29 heavy (non-hydrogen) atoms. The molecule has 0 amide bonds. The minimum atomic E-state index is -0.808. The summed E-state index contributed by atoms with van der Waals surface area (Å²) < 4.78 is 10.1. The molecule has 0 unspecified atom stereocenters. The molecule has 1 fully saturated rings. The van der Waals surface area contributed by atoms with E-state index < -0.39 is 18.3 Å². The maximum Gasteiger partial charge on any atom is 0.309 e. The highest BCUT2D eigenvalue weighted by atomic mass is 16.5. The summed E-state index contributed by atoms with van der Waals surface area (Å²) >= 11 is 0. The van der Waals surface area contributed by atoms with E-state index in [1.165, 1.54) is 7.11 Å². The second kappa shape index (κ2) is 12.2. The summed E-state index contributed by atoms with van der Waals surface area (Å²) in [6, 6.07) is 9.23. The van der Waals surface area contributed by atoms with Crippen molar-refractivity contribution >= 4 is 5.97 Å². The van der Waals surface area contributed by atoms with Gasteiger partial charge < -0.3 is 24.8 Å². The highest BCUT2D eigenvalue weighted by Crippen LogP contribution is 2.36. The Labute approximate surface area is 171 Å². The van der Waals surface area contributed by atoms with Gasteiger partial charge in [-0.1, -0.05) is 54.7 Å². The van der Waals surface area contributed by atoms with Gasteiger partial charge in [0.25, 0.3) is 0 Å². The van der Waals surface area contributed by atoms with E-state index >= 15 is 0 Å². The molecule has 158 valence electrons. The van der Waals surface area contributed by atoms with Crippen molar-refractivity contribution in [2.75, 3.05) is 13.7 Å². The lowest BCUT2D eigenvalue weighted by Gasteiger charge is -2.19. The van der Waals surface area contributed by atoms with Gasteiger partial charge in [-0.2, -0.15) is 0 Å². The third kappa shape index (κ3) is 7.85. The Bertz CT molecular complexity index is 697. The first-order chi connectivity index (χ1) is 14.0. The average molecular weight is 402 g/mol. The highest BCUT2D eigenvalue weighted by molar-refractivity contribution is 5.70. The average Bonchev–Trinajstić information content (AvgIpc) is 3.00. The third-order valence-electron chi connectivity index (χ3n) is 4.94. The summed E-state index contributed by atoms with van der Waals surface area (Å²) in [4.78, 5) is 11.0. The zero-order valence-corrected chi connectivity index (χ0v) is 16.6. The molecule has 2 rings (SSSR count). The fourth-order valence-electron chi connectivity index (χ4n) is 3.36. The van der Waals surface area contributed by atoms with Gasteiger partial charge in [0.15, 0.2) is 0 Å². The van der Waals surface area contributed by atoms with E-state index in [-0.39, 0.29) is 30.8 Å². The van der Waals surface area contributed by atoms with E-state index in [9.17, 15) is 20.1 Å². The molecule has 0 aliphatic heterocycles. The molecule has 6 nitrogen and oxygen atoms in total. The van der Waals surface area contributed by atoms with E-state index in [2.05, 4.69) is 4.74 Å². The van der Waals surface area contributed by atoms with Crippen LogP contribution >= 0.6 is 0 Å². The zero-order valence-electron chi connectivity index (χ0n) is 16.6. The largest absolute Gasteiger partial charge is 0.491 e. The fraction of sp³-hybridized carbons (Fsp3) is 0.435. The lowest BCUT2D eigenvalue weighted by Crippen LogP contribution is -2.21. The summed E-state index contributed by atoms with van der Waals surface area (Å²) in [5.74, 6) is -0.0163. The molecule has 0 saturated heterocycles. The van der Waals surface area contributed by atoms with Crippen LogP contribution in [0.5, 0.6) is 5.75 Å². The molecule has 0 radical (unpaired) electrons. The minimum absolute atomic E-state index is 0.113. The van der Waals surface area contributed by atoms with E-state index in [0.717, 1.165) is 0 Å². The van der Waals surface area contributed by atoms with Crippen LogP contribution in [0.3, 0.4) is 0 Å². The van der Waals surface area contributed by atoms with Crippen LogP contribution in [0.2, 0.25) is 0 Å². The molecule has 5 atom stereocenters. The normalized spacial score (nSPS) is 25.8. The number of carbonyl (C=O) groups excluding carboxylic acids is 1. The number of benzene rings is 1. The van der Waals surface area contributed by atoms with Gasteiger partial charge in [-0.25, -0.2) is 0 Å². The summed E-state index contributed by atoms with van der Waals surface area (Å²) in [5, 5.41) is 30.7. The molecule has 0 aromatic heterocycles. The Morgan fingerprint density at radius 1 is 1.17 bits per heavy atom. The standard InChI is InChI=1S/C23H30O6/c1-28-23(27)12-8-3-2-7-11-19-20(22(26)15-21(19)25)14-13-17(24)16-29-18-9-5-4-6-10-18/h2-10,13-14,17,19-22,24-26H,11-12,15-16H2,1H3/b7-2-,8-3?,14-13+/t17-,19-,20-,21+,22-/m1/s1. The van der Waals surface area contributed by atoms with Crippen LogP contribution in [0.4, 0.5) is 0 Å². The minimum Gasteiger partial charge on any atom is -0.491 e. The summed E-state index contributed by atoms with van der Waals surface area (Å²) in [6.07, 6.45) is 9.56. The topological polar surface area (TPSA) is 96.2 Å². The fourth-order valence-corrected chi connectivity index (χ4v) is 3.36. The molecule has 1 aliphatic carbocycles. The van der Waals surface area contributed by atoms with Gasteiger partial charge in [0.1, 0.15) is 18.5 Å². The molecule has 1 aliphatic rings. The second-order valence-corrected chi connectivity index (χ2v) is 7.06. The lowest BCUT2D eigenvalue weighted by atomic mass is 9.90. The summed E-state index contributed by atoms with van der Waals surface area (Å²) in [7, 11) is 1.34. The molecule has 6 heteroatoms. The van der Waals surface area contributed by atoms with Gasteiger partial charge in [0.05, 0.1) is 25.7 Å². The Morgan fingerprint density at radius 3 is 2.62 bits per heavy atom. The Kier molecular flexibility index (Phi) is 9.64. The van der Waals surface area contributed by atoms with Crippen molar-refractivity contribution in [1.29, 1.82) is 0 Å². The SMILES string of the molecule is COC(=O)CC=C/C=C\C[C@@H]1[C@@H](/C=C/[C@@H](O)COc2ccccc2)[C@H](O)C[C@@H]1O. The highest BCUT2D eigenvalue weighted by Gasteiger charge is 2.39.